The fourth-order valence-electron chi connectivity index (χ4n) is 1.85. The second-order valence-corrected chi connectivity index (χ2v) is 4.57. The van der Waals surface area contributed by atoms with E-state index in [-0.39, 0.29) is 5.91 Å². The number of carbonyl (C=O) groups excluding carboxylic acids is 1. The zero-order valence-electron chi connectivity index (χ0n) is 11.3. The van der Waals surface area contributed by atoms with Crippen LogP contribution in [0.4, 0.5) is 0 Å². The average Bonchev–Trinajstić information content (AvgIpc) is 2.82. The summed E-state index contributed by atoms with van der Waals surface area (Å²) < 4.78 is 0. The highest BCUT2D eigenvalue weighted by Gasteiger charge is 2.11. The molecule has 1 heterocycles. The highest BCUT2D eigenvalue weighted by molar-refractivity contribution is 5.76. The molecule has 0 bridgehead atoms. The van der Waals surface area contributed by atoms with Crippen LogP contribution in [0.25, 0.3) is 0 Å². The number of amides is 1. The van der Waals surface area contributed by atoms with Crippen molar-refractivity contribution in [3.05, 3.63) is 47.5 Å². The fraction of sp³-hybridized carbons (Fsp3) is 0.357. The first-order valence-electron chi connectivity index (χ1n) is 6.31. The van der Waals surface area contributed by atoms with Gasteiger partial charge in [-0.25, -0.2) is 4.98 Å². The summed E-state index contributed by atoms with van der Waals surface area (Å²) in [5.74, 6) is 1.51. The molecule has 0 aliphatic rings. The van der Waals surface area contributed by atoms with Gasteiger partial charge in [-0.05, 0) is 18.9 Å². The topological polar surface area (TPSA) is 61.9 Å². The molecule has 1 amide bonds. The van der Waals surface area contributed by atoms with Crippen LogP contribution in [0.1, 0.15) is 23.6 Å². The Morgan fingerprint density at radius 2 is 2.05 bits per heavy atom. The van der Waals surface area contributed by atoms with Crippen molar-refractivity contribution in [1.82, 2.24) is 20.1 Å². The van der Waals surface area contributed by atoms with Crippen LogP contribution in [0.15, 0.2) is 30.3 Å². The molecule has 0 saturated heterocycles. The number of hydrogen-bond acceptors (Lipinski definition) is 3. The Hall–Kier alpha value is -2.17. The zero-order valence-corrected chi connectivity index (χ0v) is 11.3. The standard InChI is InChI=1S/C14H18N4O/c1-11-15-13(17-16-11)10-18(2)14(19)9-8-12-6-4-3-5-7-12/h3-7H,8-10H2,1-2H3,(H,15,16,17). The van der Waals surface area contributed by atoms with Gasteiger partial charge in [0.1, 0.15) is 5.82 Å². The monoisotopic (exact) mass is 258 g/mol. The number of H-pyrrole nitrogens is 1. The molecular formula is C14H18N4O. The normalized spacial score (nSPS) is 10.4. The third-order valence-electron chi connectivity index (χ3n) is 2.92. The van der Waals surface area contributed by atoms with Crippen LogP contribution >= 0.6 is 0 Å². The third kappa shape index (κ3) is 3.91. The van der Waals surface area contributed by atoms with E-state index in [4.69, 9.17) is 0 Å². The summed E-state index contributed by atoms with van der Waals surface area (Å²) >= 11 is 0. The van der Waals surface area contributed by atoms with E-state index in [1.165, 1.54) is 5.56 Å². The van der Waals surface area contributed by atoms with Gasteiger partial charge in [-0.3, -0.25) is 9.89 Å². The lowest BCUT2D eigenvalue weighted by Gasteiger charge is -2.15. The first-order valence-corrected chi connectivity index (χ1v) is 6.31. The number of aryl methyl sites for hydroxylation is 2. The van der Waals surface area contributed by atoms with E-state index in [0.717, 1.165) is 12.2 Å². The third-order valence-corrected chi connectivity index (χ3v) is 2.92. The predicted molar refractivity (Wildman–Crippen MR) is 72.4 cm³/mol. The maximum Gasteiger partial charge on any atom is 0.223 e. The van der Waals surface area contributed by atoms with E-state index >= 15 is 0 Å². The molecule has 0 aliphatic carbocycles. The summed E-state index contributed by atoms with van der Waals surface area (Å²) in [4.78, 5) is 17.8. The second kappa shape index (κ2) is 6.13. The van der Waals surface area contributed by atoms with Gasteiger partial charge in [0.25, 0.3) is 0 Å². The Morgan fingerprint density at radius 1 is 1.32 bits per heavy atom. The Labute approximate surface area is 112 Å². The van der Waals surface area contributed by atoms with E-state index < -0.39 is 0 Å². The quantitative estimate of drug-likeness (QED) is 0.888. The van der Waals surface area contributed by atoms with Crippen molar-refractivity contribution in [3.8, 4) is 0 Å². The van der Waals surface area contributed by atoms with Crippen LogP contribution in [0.3, 0.4) is 0 Å². The number of nitrogens with one attached hydrogen (secondary N) is 1. The van der Waals surface area contributed by atoms with Gasteiger partial charge >= 0.3 is 0 Å². The summed E-state index contributed by atoms with van der Waals surface area (Å²) in [6, 6.07) is 10.0. The number of nitrogens with zero attached hydrogens (tertiary/aromatic N) is 3. The second-order valence-electron chi connectivity index (χ2n) is 4.57. The van der Waals surface area contributed by atoms with Crippen LogP contribution in [0.2, 0.25) is 0 Å². The number of carbonyl (C=O) groups is 1. The Balaban J connectivity index is 1.82. The van der Waals surface area contributed by atoms with Gasteiger partial charge in [-0.2, -0.15) is 5.10 Å². The molecule has 0 atom stereocenters. The highest BCUT2D eigenvalue weighted by Crippen LogP contribution is 2.05. The minimum atomic E-state index is 0.103. The number of hydrogen-bond donors (Lipinski definition) is 1. The van der Waals surface area contributed by atoms with Gasteiger partial charge in [0.15, 0.2) is 5.82 Å². The maximum absolute atomic E-state index is 12.0. The molecule has 2 aromatic rings. The first kappa shape index (κ1) is 13.3. The summed E-state index contributed by atoms with van der Waals surface area (Å²) in [7, 11) is 1.78. The molecule has 5 heteroatoms. The van der Waals surface area contributed by atoms with E-state index in [9.17, 15) is 4.79 Å². The van der Waals surface area contributed by atoms with Gasteiger partial charge in [0.05, 0.1) is 6.54 Å². The molecule has 1 N–H and O–H groups in total. The van der Waals surface area contributed by atoms with E-state index in [0.29, 0.717) is 18.8 Å². The van der Waals surface area contributed by atoms with Crippen molar-refractivity contribution >= 4 is 5.91 Å². The Morgan fingerprint density at radius 3 is 2.68 bits per heavy atom. The molecule has 0 aliphatic heterocycles. The van der Waals surface area contributed by atoms with Crippen molar-refractivity contribution in [2.45, 2.75) is 26.3 Å². The van der Waals surface area contributed by atoms with Gasteiger partial charge in [0.2, 0.25) is 5.91 Å². The van der Waals surface area contributed by atoms with Crippen LogP contribution < -0.4 is 0 Å². The van der Waals surface area contributed by atoms with Gasteiger partial charge < -0.3 is 4.90 Å². The first-order chi connectivity index (χ1) is 9.15. The van der Waals surface area contributed by atoms with E-state index in [2.05, 4.69) is 15.2 Å². The fourth-order valence-corrected chi connectivity index (χ4v) is 1.85. The lowest BCUT2D eigenvalue weighted by molar-refractivity contribution is -0.130. The Kier molecular flexibility index (Phi) is 4.28. The van der Waals surface area contributed by atoms with E-state index in [1.807, 2.05) is 37.3 Å². The number of benzene rings is 1. The largest absolute Gasteiger partial charge is 0.338 e. The number of rotatable bonds is 5. The summed E-state index contributed by atoms with van der Waals surface area (Å²) in [6.07, 6.45) is 1.26. The van der Waals surface area contributed by atoms with Crippen molar-refractivity contribution in [2.75, 3.05) is 7.05 Å². The molecule has 1 aromatic carbocycles. The molecule has 19 heavy (non-hydrogen) atoms. The van der Waals surface area contributed by atoms with E-state index in [1.54, 1.807) is 11.9 Å². The van der Waals surface area contributed by atoms with Gasteiger partial charge in [-0.1, -0.05) is 30.3 Å². The molecule has 1 aromatic heterocycles. The molecule has 0 saturated carbocycles. The minimum Gasteiger partial charge on any atom is -0.338 e. The van der Waals surface area contributed by atoms with Crippen molar-refractivity contribution in [2.24, 2.45) is 0 Å². The van der Waals surface area contributed by atoms with Crippen molar-refractivity contribution in [1.29, 1.82) is 0 Å². The molecule has 0 unspecified atom stereocenters. The molecule has 2 rings (SSSR count). The highest BCUT2D eigenvalue weighted by atomic mass is 16.2. The molecule has 5 nitrogen and oxygen atoms in total. The summed E-state index contributed by atoms with van der Waals surface area (Å²) in [6.45, 7) is 2.28. The van der Waals surface area contributed by atoms with Crippen LogP contribution in [-0.4, -0.2) is 33.0 Å². The maximum atomic E-state index is 12.0. The van der Waals surface area contributed by atoms with Crippen LogP contribution in [-0.2, 0) is 17.8 Å². The number of aromatic amines is 1. The SMILES string of the molecule is Cc1nc(CN(C)C(=O)CCc2ccccc2)n[nH]1. The number of aromatic nitrogens is 3. The van der Waals surface area contributed by atoms with Crippen molar-refractivity contribution < 1.29 is 4.79 Å². The van der Waals surface area contributed by atoms with Crippen molar-refractivity contribution in [3.63, 3.8) is 0 Å². The smallest absolute Gasteiger partial charge is 0.223 e. The molecular weight excluding hydrogens is 240 g/mol. The molecule has 0 radical (unpaired) electrons. The zero-order chi connectivity index (χ0) is 13.7. The van der Waals surface area contributed by atoms with Gasteiger partial charge in [-0.15, -0.1) is 0 Å². The summed E-state index contributed by atoms with van der Waals surface area (Å²) in [5.41, 5.74) is 1.18. The average molecular weight is 258 g/mol. The summed E-state index contributed by atoms with van der Waals surface area (Å²) in [5, 5.41) is 6.80. The Bertz CT molecular complexity index is 535. The predicted octanol–water partition coefficient (Wildman–Crippen LogP) is 1.70. The van der Waals surface area contributed by atoms with Crippen LogP contribution in [0.5, 0.6) is 0 Å². The molecule has 100 valence electrons. The molecule has 0 fully saturated rings. The lowest BCUT2D eigenvalue weighted by atomic mass is 10.1. The minimum absolute atomic E-state index is 0.103. The molecule has 0 spiro atoms. The van der Waals surface area contributed by atoms with Gasteiger partial charge in [0, 0.05) is 13.5 Å². The van der Waals surface area contributed by atoms with Crippen LogP contribution in [0, 0.1) is 6.92 Å². The lowest BCUT2D eigenvalue weighted by Crippen LogP contribution is -2.26.